The molecule has 206 valence electrons. The molecule has 1 amide bonds. The van der Waals surface area contributed by atoms with Crippen LogP contribution in [0.5, 0.6) is 0 Å². The Morgan fingerprint density at radius 1 is 1.14 bits per heavy atom. The minimum atomic E-state index is -1.50. The maximum Gasteiger partial charge on any atom is 0.410 e. The Morgan fingerprint density at radius 3 is 2.38 bits per heavy atom. The summed E-state index contributed by atoms with van der Waals surface area (Å²) in [6.07, 6.45) is 8.68. The molecule has 3 fully saturated rings. The van der Waals surface area contributed by atoms with Crippen molar-refractivity contribution in [3.8, 4) is 0 Å². The zero-order valence-corrected chi connectivity index (χ0v) is 23.2. The Morgan fingerprint density at radius 2 is 1.78 bits per heavy atom. The number of rotatable bonds is 3. The Kier molecular flexibility index (Phi) is 8.07. The van der Waals surface area contributed by atoms with E-state index in [1.54, 1.807) is 0 Å². The van der Waals surface area contributed by atoms with Gasteiger partial charge in [-0.3, -0.25) is 4.90 Å². The second-order valence-electron chi connectivity index (χ2n) is 11.8. The van der Waals surface area contributed by atoms with Crippen LogP contribution >= 0.6 is 11.6 Å². The molecule has 0 saturated carbocycles. The summed E-state index contributed by atoms with van der Waals surface area (Å²) in [4.78, 5) is 25.3. The third-order valence-corrected chi connectivity index (χ3v) is 7.44. The van der Waals surface area contributed by atoms with Gasteiger partial charge in [0.05, 0.1) is 11.5 Å². The van der Waals surface area contributed by atoms with Gasteiger partial charge in [-0.1, -0.05) is 11.6 Å². The van der Waals surface area contributed by atoms with Crippen LogP contribution in [0.2, 0.25) is 5.15 Å². The van der Waals surface area contributed by atoms with Crippen molar-refractivity contribution >= 4 is 28.7 Å². The molecule has 5 heterocycles. The molecule has 3 aliphatic rings. The summed E-state index contributed by atoms with van der Waals surface area (Å²) < 4.78 is 14.1. The monoisotopic (exact) mass is 537 g/mol. The van der Waals surface area contributed by atoms with Crippen molar-refractivity contribution < 1.29 is 24.5 Å². The molecule has 0 aliphatic carbocycles. The zero-order chi connectivity index (χ0) is 27.0. The lowest BCUT2D eigenvalue weighted by atomic mass is 9.76. The van der Waals surface area contributed by atoms with Crippen molar-refractivity contribution in [3.63, 3.8) is 0 Å². The fraction of sp³-hybridized carbons (Fsp3) is 0.731. The van der Waals surface area contributed by atoms with Crippen LogP contribution in [-0.4, -0.2) is 89.9 Å². The number of piperidine rings is 1. The van der Waals surface area contributed by atoms with Gasteiger partial charge < -0.3 is 29.2 Å². The van der Waals surface area contributed by atoms with Crippen molar-refractivity contribution in [2.24, 2.45) is 0 Å². The van der Waals surface area contributed by atoms with Crippen molar-refractivity contribution in [2.45, 2.75) is 96.0 Å². The number of aliphatic hydroxyl groups is 2. The summed E-state index contributed by atoms with van der Waals surface area (Å²) in [7, 11) is 0. The molecule has 3 saturated heterocycles. The van der Waals surface area contributed by atoms with E-state index in [4.69, 9.17) is 31.3 Å². The molecule has 2 atom stereocenters. The summed E-state index contributed by atoms with van der Waals surface area (Å²) in [5, 5.41) is 17.5. The number of hydrogen-bond donors (Lipinski definition) is 2. The van der Waals surface area contributed by atoms with E-state index in [-0.39, 0.29) is 24.0 Å². The minimum Gasteiger partial charge on any atom is -0.444 e. The smallest absolute Gasteiger partial charge is 0.410 e. The maximum absolute atomic E-state index is 12.4. The Balaban J connectivity index is 0.000000586. The predicted octanol–water partition coefficient (Wildman–Crippen LogP) is 3.94. The first-order chi connectivity index (χ1) is 17.2. The highest BCUT2D eigenvalue weighted by Crippen LogP contribution is 2.42. The summed E-state index contributed by atoms with van der Waals surface area (Å²) >= 11 is 6.20. The van der Waals surface area contributed by atoms with Crippen molar-refractivity contribution in [3.05, 3.63) is 23.7 Å². The number of carbonyl (C=O) groups excluding carboxylic acids is 1. The number of likely N-dealkylation sites (tertiary alicyclic amines) is 2. The molecule has 1 spiro atoms. The molecule has 0 bridgehead atoms. The maximum atomic E-state index is 12.4. The lowest BCUT2D eigenvalue weighted by Crippen LogP contribution is -2.65. The molecule has 3 aliphatic heterocycles. The highest BCUT2D eigenvalue weighted by Gasteiger charge is 2.48. The number of halogens is 1. The number of carbonyl (C=O) groups is 1. The number of aromatic nitrogens is 3. The molecule has 2 aromatic rings. The third-order valence-electron chi connectivity index (χ3n) is 7.14. The Hall–Kier alpha value is -1.98. The van der Waals surface area contributed by atoms with Crippen molar-refractivity contribution in [2.75, 3.05) is 26.2 Å². The van der Waals surface area contributed by atoms with Crippen LogP contribution in [0, 0.1) is 0 Å². The lowest BCUT2D eigenvalue weighted by Gasteiger charge is -2.57. The highest BCUT2D eigenvalue weighted by molar-refractivity contribution is 6.33. The third kappa shape index (κ3) is 6.92. The predicted molar refractivity (Wildman–Crippen MR) is 140 cm³/mol. The van der Waals surface area contributed by atoms with Gasteiger partial charge in [0.1, 0.15) is 29.0 Å². The Labute approximate surface area is 223 Å². The van der Waals surface area contributed by atoms with E-state index < -0.39 is 11.4 Å². The second kappa shape index (κ2) is 10.6. The van der Waals surface area contributed by atoms with Crippen LogP contribution < -0.4 is 0 Å². The van der Waals surface area contributed by atoms with E-state index in [1.165, 1.54) is 26.6 Å². The molecule has 0 unspecified atom stereocenters. The molecular weight excluding hydrogens is 498 g/mol. The van der Waals surface area contributed by atoms with Gasteiger partial charge in [-0.05, 0) is 72.8 Å². The van der Waals surface area contributed by atoms with E-state index in [0.717, 1.165) is 62.9 Å². The fourth-order valence-electron chi connectivity index (χ4n) is 5.31. The van der Waals surface area contributed by atoms with Crippen LogP contribution in [0.3, 0.4) is 0 Å². The summed E-state index contributed by atoms with van der Waals surface area (Å²) in [6, 6.07) is 1.96. The largest absolute Gasteiger partial charge is 0.444 e. The fourth-order valence-corrected chi connectivity index (χ4v) is 5.50. The topological polar surface area (TPSA) is 113 Å². The van der Waals surface area contributed by atoms with E-state index in [2.05, 4.69) is 19.4 Å². The Bertz CT molecular complexity index is 1080. The van der Waals surface area contributed by atoms with Gasteiger partial charge in [0, 0.05) is 37.9 Å². The van der Waals surface area contributed by atoms with E-state index in [1.807, 2.05) is 37.9 Å². The number of fused-ring (bicyclic) bond motifs is 1. The highest BCUT2D eigenvalue weighted by atomic mass is 35.5. The van der Waals surface area contributed by atoms with Crippen LogP contribution in [0.25, 0.3) is 11.0 Å². The zero-order valence-electron chi connectivity index (χ0n) is 22.5. The van der Waals surface area contributed by atoms with Crippen molar-refractivity contribution in [1.29, 1.82) is 0 Å². The van der Waals surface area contributed by atoms with Gasteiger partial charge in [0.25, 0.3) is 0 Å². The number of hydrogen-bond acceptors (Lipinski definition) is 8. The SMILES string of the molecule is CC(C)(C)OC(=O)N1CCC2(CC1)CCN2C[C@@H]1CC[C@H](n2ccc3c(Cl)ncnc32)O1.CC(C)(O)O. The van der Waals surface area contributed by atoms with Gasteiger partial charge in [-0.15, -0.1) is 0 Å². The van der Waals surface area contributed by atoms with Gasteiger partial charge >= 0.3 is 6.09 Å². The van der Waals surface area contributed by atoms with E-state index in [9.17, 15) is 4.79 Å². The molecular formula is C26H40ClN5O5. The summed E-state index contributed by atoms with van der Waals surface area (Å²) in [5.74, 6) is -1.50. The minimum absolute atomic E-state index is 0.0188. The van der Waals surface area contributed by atoms with Crippen LogP contribution in [0.4, 0.5) is 4.79 Å². The van der Waals surface area contributed by atoms with Crippen molar-refractivity contribution in [1.82, 2.24) is 24.3 Å². The van der Waals surface area contributed by atoms with Crippen LogP contribution in [0.15, 0.2) is 18.6 Å². The van der Waals surface area contributed by atoms with E-state index >= 15 is 0 Å². The molecule has 5 rings (SSSR count). The quantitative estimate of drug-likeness (QED) is 0.447. The number of amides is 1. The molecule has 37 heavy (non-hydrogen) atoms. The average Bonchev–Trinajstić information content (AvgIpc) is 3.42. The van der Waals surface area contributed by atoms with Crippen LogP contribution in [-0.2, 0) is 9.47 Å². The molecule has 2 aromatic heterocycles. The second-order valence-corrected chi connectivity index (χ2v) is 12.2. The first kappa shape index (κ1) is 28.0. The first-order valence-electron chi connectivity index (χ1n) is 13.0. The van der Waals surface area contributed by atoms with Gasteiger partial charge in [-0.25, -0.2) is 14.8 Å². The van der Waals surface area contributed by atoms with Crippen LogP contribution in [0.1, 0.15) is 73.0 Å². The molecule has 0 radical (unpaired) electrons. The number of ether oxygens (including phenoxy) is 2. The van der Waals surface area contributed by atoms with E-state index in [0.29, 0.717) is 5.15 Å². The summed E-state index contributed by atoms with van der Waals surface area (Å²) in [6.45, 7) is 11.9. The standard InChI is InChI=1S/C23H32ClN5O3.C3H8O2/c1-22(2,3)32-21(30)27-11-7-23(8-12-27)9-13-28(23)14-16-4-5-18(31-16)29-10-6-17-19(24)25-15-26-20(17)29;1-3(2,4)5/h6,10,15-16,18H,4-5,7-9,11-14H2,1-3H3;4-5H,1-2H3/t16-,18+;/m0./s1. The molecule has 10 nitrogen and oxygen atoms in total. The first-order valence-corrected chi connectivity index (χ1v) is 13.4. The van der Waals surface area contributed by atoms with Gasteiger partial charge in [0.2, 0.25) is 0 Å². The van der Waals surface area contributed by atoms with Gasteiger partial charge in [0.15, 0.2) is 5.79 Å². The molecule has 2 N–H and O–H groups in total. The average molecular weight is 538 g/mol. The summed E-state index contributed by atoms with van der Waals surface area (Å²) in [5.41, 5.74) is 0.583. The lowest BCUT2D eigenvalue weighted by molar-refractivity contribution is -0.127. The molecule has 11 heteroatoms. The number of nitrogens with zero attached hydrogens (tertiary/aromatic N) is 5. The normalized spacial score (nSPS) is 24.1. The molecule has 0 aromatic carbocycles. The van der Waals surface area contributed by atoms with Gasteiger partial charge in [-0.2, -0.15) is 0 Å².